The number of aryl methyl sites for hydroxylation is 1. The fraction of sp³-hybridized carbons (Fsp3) is 0.500. The van der Waals surface area contributed by atoms with Gasteiger partial charge in [-0.1, -0.05) is 0 Å². The summed E-state index contributed by atoms with van der Waals surface area (Å²) >= 11 is 5.34. The molecule has 0 saturated heterocycles. The number of nitrogens with one attached hydrogen (secondary N) is 1. The Morgan fingerprint density at radius 2 is 2.04 bits per heavy atom. The molecule has 27 heavy (non-hydrogen) atoms. The molecule has 0 aromatic carbocycles. The van der Waals surface area contributed by atoms with Crippen molar-refractivity contribution in [2.24, 2.45) is 0 Å². The van der Waals surface area contributed by atoms with Gasteiger partial charge in [0.1, 0.15) is 6.54 Å². The lowest BCUT2D eigenvalue weighted by molar-refractivity contribution is -0.141. The maximum atomic E-state index is 13.1. The molecule has 1 N–H and O–H groups in total. The van der Waals surface area contributed by atoms with E-state index >= 15 is 0 Å². The van der Waals surface area contributed by atoms with Crippen LogP contribution in [0.25, 0.3) is 5.69 Å². The zero-order valence-electron chi connectivity index (χ0n) is 14.8. The second kappa shape index (κ2) is 6.32. The average molecular weight is 397 g/mol. The highest BCUT2D eigenvalue weighted by atomic mass is 32.1. The summed E-state index contributed by atoms with van der Waals surface area (Å²) < 4.78 is 44.6. The standard InChI is InChI=1S/C16H18F3N7S/c1-3-24-9(2)12(7-20-24)26-14(21-22-15(26)27)8-25-11(10-4-5-10)6-13(23-25)16(17,18)19/h6-7,10H,3-5,8H2,1-2H3,(H,22,27). The molecule has 0 unspecified atom stereocenters. The van der Waals surface area contributed by atoms with Crippen LogP contribution in [-0.4, -0.2) is 34.3 Å². The van der Waals surface area contributed by atoms with E-state index in [1.165, 1.54) is 4.68 Å². The monoisotopic (exact) mass is 397 g/mol. The first-order chi connectivity index (χ1) is 12.8. The fourth-order valence-electron chi connectivity index (χ4n) is 3.20. The Hall–Kier alpha value is -2.43. The highest BCUT2D eigenvalue weighted by molar-refractivity contribution is 7.71. The third-order valence-electron chi connectivity index (χ3n) is 4.75. The first kappa shape index (κ1) is 18.0. The van der Waals surface area contributed by atoms with Crippen LogP contribution in [0.2, 0.25) is 0 Å². The Morgan fingerprint density at radius 3 is 2.63 bits per heavy atom. The van der Waals surface area contributed by atoms with Crippen molar-refractivity contribution in [3.8, 4) is 5.69 Å². The minimum absolute atomic E-state index is 0.0891. The van der Waals surface area contributed by atoms with E-state index in [4.69, 9.17) is 12.2 Å². The molecular weight excluding hydrogens is 379 g/mol. The molecule has 0 radical (unpaired) electrons. The van der Waals surface area contributed by atoms with Gasteiger partial charge >= 0.3 is 6.18 Å². The van der Waals surface area contributed by atoms with E-state index in [-0.39, 0.29) is 12.5 Å². The molecule has 4 rings (SSSR count). The van der Waals surface area contributed by atoms with Crippen LogP contribution in [0.1, 0.15) is 48.6 Å². The van der Waals surface area contributed by atoms with Gasteiger partial charge in [0.2, 0.25) is 0 Å². The molecule has 144 valence electrons. The third-order valence-corrected chi connectivity index (χ3v) is 5.02. The molecule has 1 aliphatic carbocycles. The first-order valence-electron chi connectivity index (χ1n) is 8.63. The van der Waals surface area contributed by atoms with Gasteiger partial charge in [-0.2, -0.15) is 28.5 Å². The normalized spacial score (nSPS) is 14.9. The lowest BCUT2D eigenvalue weighted by Gasteiger charge is -2.09. The number of rotatable bonds is 5. The zero-order valence-corrected chi connectivity index (χ0v) is 15.6. The second-order valence-corrected chi connectivity index (χ2v) is 6.98. The van der Waals surface area contributed by atoms with Crippen LogP contribution in [0.5, 0.6) is 0 Å². The van der Waals surface area contributed by atoms with E-state index in [9.17, 15) is 13.2 Å². The summed E-state index contributed by atoms with van der Waals surface area (Å²) in [4.78, 5) is 0. The highest BCUT2D eigenvalue weighted by Gasteiger charge is 2.38. The van der Waals surface area contributed by atoms with E-state index in [0.717, 1.165) is 30.3 Å². The SMILES string of the molecule is CCn1ncc(-n2c(Cn3nc(C(F)(F)F)cc3C3CC3)n[nH]c2=S)c1C. The lowest BCUT2D eigenvalue weighted by atomic mass is 10.2. The van der Waals surface area contributed by atoms with Crippen LogP contribution in [0.3, 0.4) is 0 Å². The van der Waals surface area contributed by atoms with Gasteiger partial charge in [-0.15, -0.1) is 0 Å². The Balaban J connectivity index is 1.75. The number of nitrogens with zero attached hydrogens (tertiary/aromatic N) is 6. The first-order valence-corrected chi connectivity index (χ1v) is 9.04. The van der Waals surface area contributed by atoms with Crippen LogP contribution in [0.15, 0.2) is 12.3 Å². The maximum Gasteiger partial charge on any atom is 0.435 e. The van der Waals surface area contributed by atoms with Gasteiger partial charge in [0.05, 0.1) is 17.6 Å². The number of alkyl halides is 3. The lowest BCUT2D eigenvalue weighted by Crippen LogP contribution is -2.13. The minimum atomic E-state index is -4.47. The van der Waals surface area contributed by atoms with Crippen molar-refractivity contribution in [1.82, 2.24) is 34.3 Å². The number of aromatic nitrogens is 7. The quantitative estimate of drug-likeness (QED) is 0.668. The van der Waals surface area contributed by atoms with Gasteiger partial charge in [0.15, 0.2) is 16.3 Å². The van der Waals surface area contributed by atoms with Gasteiger partial charge in [0.25, 0.3) is 0 Å². The van der Waals surface area contributed by atoms with E-state index in [2.05, 4.69) is 20.4 Å². The molecule has 0 amide bonds. The Bertz CT molecular complexity index is 1040. The molecular formula is C16H18F3N7S. The minimum Gasteiger partial charge on any atom is -0.268 e. The molecule has 0 bridgehead atoms. The molecule has 0 atom stereocenters. The smallest absolute Gasteiger partial charge is 0.268 e. The second-order valence-electron chi connectivity index (χ2n) is 6.60. The van der Waals surface area contributed by atoms with Gasteiger partial charge < -0.3 is 0 Å². The molecule has 3 aromatic heterocycles. The molecule has 1 fully saturated rings. The van der Waals surface area contributed by atoms with Crippen LogP contribution < -0.4 is 0 Å². The van der Waals surface area contributed by atoms with Crippen LogP contribution in [-0.2, 0) is 19.3 Å². The zero-order chi connectivity index (χ0) is 19.3. The molecule has 11 heteroatoms. The van der Waals surface area contributed by atoms with Crippen molar-refractivity contribution in [2.75, 3.05) is 0 Å². The van der Waals surface area contributed by atoms with Crippen molar-refractivity contribution < 1.29 is 13.2 Å². The summed E-state index contributed by atoms with van der Waals surface area (Å²) in [6.07, 6.45) is -1.05. The Labute approximate surface area is 157 Å². The maximum absolute atomic E-state index is 13.1. The molecule has 1 aliphatic rings. The summed E-state index contributed by atoms with van der Waals surface area (Å²) in [5, 5.41) is 15.1. The highest BCUT2D eigenvalue weighted by Crippen LogP contribution is 2.42. The number of aromatic amines is 1. The number of H-pyrrole nitrogens is 1. The molecule has 0 spiro atoms. The topological polar surface area (TPSA) is 69.2 Å². The predicted molar refractivity (Wildman–Crippen MR) is 93.3 cm³/mol. The van der Waals surface area contributed by atoms with Crippen molar-refractivity contribution in [1.29, 1.82) is 0 Å². The summed E-state index contributed by atoms with van der Waals surface area (Å²) in [6, 6.07) is 1.14. The van der Waals surface area contributed by atoms with Crippen molar-refractivity contribution in [3.05, 3.63) is 39.9 Å². The number of halogens is 3. The molecule has 0 aliphatic heterocycles. The van der Waals surface area contributed by atoms with Gasteiger partial charge in [-0.05, 0) is 45.0 Å². The van der Waals surface area contributed by atoms with Gasteiger partial charge in [-0.3, -0.25) is 19.0 Å². The van der Waals surface area contributed by atoms with Crippen molar-refractivity contribution in [3.63, 3.8) is 0 Å². The predicted octanol–water partition coefficient (Wildman–Crippen LogP) is 3.60. The molecule has 1 saturated carbocycles. The van der Waals surface area contributed by atoms with Crippen molar-refractivity contribution >= 4 is 12.2 Å². The summed E-state index contributed by atoms with van der Waals surface area (Å²) in [5.74, 6) is 0.603. The van der Waals surface area contributed by atoms with Crippen LogP contribution in [0, 0.1) is 11.7 Å². The number of hydrogen-bond donors (Lipinski definition) is 1. The summed E-state index contributed by atoms with van der Waals surface area (Å²) in [5.41, 5.74) is 1.36. The molecule has 3 heterocycles. The third kappa shape index (κ3) is 3.20. The number of hydrogen-bond acceptors (Lipinski definition) is 4. The van der Waals surface area contributed by atoms with Gasteiger partial charge in [-0.25, -0.2) is 0 Å². The Kier molecular flexibility index (Phi) is 4.21. The van der Waals surface area contributed by atoms with Crippen molar-refractivity contribution in [2.45, 2.75) is 51.9 Å². The largest absolute Gasteiger partial charge is 0.435 e. The van der Waals surface area contributed by atoms with E-state index in [1.54, 1.807) is 10.8 Å². The summed E-state index contributed by atoms with van der Waals surface area (Å²) in [7, 11) is 0. The van der Waals surface area contributed by atoms with Crippen LogP contribution >= 0.6 is 12.2 Å². The van der Waals surface area contributed by atoms with Crippen LogP contribution in [0.4, 0.5) is 13.2 Å². The molecule has 7 nitrogen and oxygen atoms in total. The van der Waals surface area contributed by atoms with E-state index in [1.807, 2.05) is 18.5 Å². The fourth-order valence-corrected chi connectivity index (χ4v) is 3.45. The van der Waals surface area contributed by atoms with Gasteiger partial charge in [0, 0.05) is 18.2 Å². The Morgan fingerprint density at radius 1 is 1.30 bits per heavy atom. The summed E-state index contributed by atoms with van der Waals surface area (Å²) in [6.45, 7) is 4.68. The van der Waals surface area contributed by atoms with E-state index < -0.39 is 11.9 Å². The van der Waals surface area contributed by atoms with E-state index in [0.29, 0.717) is 22.8 Å². The molecule has 3 aromatic rings. The average Bonchev–Trinajstić information content (AvgIpc) is 3.11.